The average Bonchev–Trinajstić information content (AvgIpc) is 3.18. The van der Waals surface area contributed by atoms with Gasteiger partial charge in [0.05, 0.1) is 23.7 Å². The predicted octanol–water partition coefficient (Wildman–Crippen LogP) is 1.80. The van der Waals surface area contributed by atoms with Crippen LogP contribution < -0.4 is 21.3 Å². The molecule has 1 aromatic carbocycles. The molecular weight excluding hydrogens is 384 g/mol. The van der Waals surface area contributed by atoms with Gasteiger partial charge in [0.2, 0.25) is 5.88 Å². The number of hydrogen-bond acceptors (Lipinski definition) is 6. The Labute approximate surface area is 170 Å². The van der Waals surface area contributed by atoms with Crippen molar-refractivity contribution in [1.29, 1.82) is 0 Å². The Morgan fingerprint density at radius 2 is 1.97 bits per heavy atom. The van der Waals surface area contributed by atoms with Crippen LogP contribution in [0.5, 0.6) is 5.88 Å². The molecule has 0 saturated carbocycles. The maximum Gasteiger partial charge on any atom is 0.325 e. The number of fused-ring (bicyclic) bond motifs is 1. The van der Waals surface area contributed by atoms with Crippen molar-refractivity contribution in [2.75, 3.05) is 13.1 Å². The van der Waals surface area contributed by atoms with Gasteiger partial charge in [-0.15, -0.1) is 0 Å². The molecule has 4 N–H and O–H groups in total. The summed E-state index contributed by atoms with van der Waals surface area (Å²) >= 11 is 0. The van der Waals surface area contributed by atoms with Gasteiger partial charge in [-0.25, -0.2) is 9.78 Å². The van der Waals surface area contributed by atoms with Crippen LogP contribution in [0.4, 0.5) is 0 Å². The zero-order chi connectivity index (χ0) is 20.5. The zero-order valence-corrected chi connectivity index (χ0v) is 16.1. The van der Waals surface area contributed by atoms with Gasteiger partial charge in [0.1, 0.15) is 6.10 Å². The third kappa shape index (κ3) is 3.50. The molecule has 1 atom stereocenters. The second-order valence-corrected chi connectivity index (χ2v) is 7.28. The van der Waals surface area contributed by atoms with Crippen molar-refractivity contribution in [1.82, 2.24) is 30.2 Å². The van der Waals surface area contributed by atoms with Crippen LogP contribution in [0.3, 0.4) is 0 Å². The molecule has 0 spiro atoms. The van der Waals surface area contributed by atoms with Crippen molar-refractivity contribution >= 4 is 10.9 Å². The van der Waals surface area contributed by atoms with Crippen LogP contribution in [-0.4, -0.2) is 44.1 Å². The molecule has 1 aliphatic rings. The highest BCUT2D eigenvalue weighted by Crippen LogP contribution is 2.31. The van der Waals surface area contributed by atoms with E-state index in [0.717, 1.165) is 42.4 Å². The van der Waals surface area contributed by atoms with Gasteiger partial charge in [0, 0.05) is 35.4 Å². The summed E-state index contributed by atoms with van der Waals surface area (Å²) in [6.45, 7) is 1.82. The van der Waals surface area contributed by atoms with Crippen LogP contribution in [0.15, 0.2) is 52.6 Å². The van der Waals surface area contributed by atoms with E-state index in [0.29, 0.717) is 22.7 Å². The van der Waals surface area contributed by atoms with Crippen molar-refractivity contribution in [2.24, 2.45) is 0 Å². The van der Waals surface area contributed by atoms with E-state index in [9.17, 15) is 9.59 Å². The van der Waals surface area contributed by atoms with E-state index in [-0.39, 0.29) is 6.10 Å². The van der Waals surface area contributed by atoms with E-state index in [1.807, 2.05) is 24.4 Å². The normalized spacial score (nSPS) is 16.6. The first kappa shape index (κ1) is 18.3. The monoisotopic (exact) mass is 404 g/mol. The molecule has 4 aromatic rings. The van der Waals surface area contributed by atoms with Gasteiger partial charge < -0.3 is 20.0 Å². The van der Waals surface area contributed by atoms with Crippen molar-refractivity contribution in [3.05, 3.63) is 63.8 Å². The Balaban J connectivity index is 1.52. The first-order valence-corrected chi connectivity index (χ1v) is 9.81. The minimum absolute atomic E-state index is 0.0878. The number of benzene rings is 1. The average molecular weight is 404 g/mol. The highest BCUT2D eigenvalue weighted by molar-refractivity contribution is 5.97. The van der Waals surface area contributed by atoms with Crippen molar-refractivity contribution in [3.63, 3.8) is 0 Å². The van der Waals surface area contributed by atoms with Gasteiger partial charge in [-0.1, -0.05) is 6.07 Å². The first-order chi connectivity index (χ1) is 14.7. The highest BCUT2D eigenvalue weighted by atomic mass is 16.5. The van der Waals surface area contributed by atoms with E-state index in [1.54, 1.807) is 12.4 Å². The number of hydrogen-bond donors (Lipinski definition) is 4. The Bertz CT molecular complexity index is 1320. The second-order valence-electron chi connectivity index (χ2n) is 7.28. The fourth-order valence-corrected chi connectivity index (χ4v) is 3.75. The summed E-state index contributed by atoms with van der Waals surface area (Å²) < 4.78 is 6.00. The molecule has 1 saturated heterocycles. The lowest BCUT2D eigenvalue weighted by molar-refractivity contribution is 0.160. The van der Waals surface area contributed by atoms with Crippen molar-refractivity contribution < 1.29 is 4.74 Å². The standard InChI is InChI=1S/C21H20N6O3/c28-20-15(8-25-21(29)27-20)12-3-4-17-14(6-12)16(9-24-17)18-10-23-11-19(26-18)30-13-2-1-5-22-7-13/h3-4,6,8-11,13,22,24H,1-2,5,7H2,(H2,25,27,28,29). The smallest absolute Gasteiger partial charge is 0.325 e. The number of nitrogens with zero attached hydrogens (tertiary/aromatic N) is 2. The van der Waals surface area contributed by atoms with E-state index in [2.05, 4.69) is 30.2 Å². The zero-order valence-electron chi connectivity index (χ0n) is 16.1. The Kier molecular flexibility index (Phi) is 4.64. The van der Waals surface area contributed by atoms with E-state index < -0.39 is 11.2 Å². The summed E-state index contributed by atoms with van der Waals surface area (Å²) in [5.41, 5.74) is 2.53. The molecule has 0 bridgehead atoms. The summed E-state index contributed by atoms with van der Waals surface area (Å²) in [5, 5.41) is 4.22. The van der Waals surface area contributed by atoms with Crippen molar-refractivity contribution in [3.8, 4) is 28.3 Å². The lowest BCUT2D eigenvalue weighted by Crippen LogP contribution is -2.37. The third-order valence-electron chi connectivity index (χ3n) is 5.24. The molecule has 9 nitrogen and oxygen atoms in total. The highest BCUT2D eigenvalue weighted by Gasteiger charge is 2.16. The fraction of sp³-hybridized carbons (Fsp3) is 0.238. The van der Waals surface area contributed by atoms with Crippen LogP contribution >= 0.6 is 0 Å². The first-order valence-electron chi connectivity index (χ1n) is 9.81. The summed E-state index contributed by atoms with van der Waals surface area (Å²) in [4.78, 5) is 40.4. The Hall–Kier alpha value is -3.72. The summed E-state index contributed by atoms with van der Waals surface area (Å²) in [6.07, 6.45) is 8.75. The second kappa shape index (κ2) is 7.60. The van der Waals surface area contributed by atoms with Crippen LogP contribution in [0.25, 0.3) is 33.3 Å². The predicted molar refractivity (Wildman–Crippen MR) is 113 cm³/mol. The third-order valence-corrected chi connectivity index (χ3v) is 5.24. The fourth-order valence-electron chi connectivity index (χ4n) is 3.75. The molecule has 30 heavy (non-hydrogen) atoms. The van der Waals surface area contributed by atoms with E-state index in [1.165, 1.54) is 6.20 Å². The summed E-state index contributed by atoms with van der Waals surface area (Å²) in [7, 11) is 0. The number of rotatable bonds is 4. The molecule has 0 aliphatic carbocycles. The maximum absolute atomic E-state index is 12.2. The Morgan fingerprint density at radius 3 is 2.80 bits per heavy atom. The van der Waals surface area contributed by atoms with Gasteiger partial charge in [-0.2, -0.15) is 0 Å². The molecule has 152 valence electrons. The molecule has 4 heterocycles. The van der Waals surface area contributed by atoms with Gasteiger partial charge in [0.15, 0.2) is 0 Å². The molecule has 5 rings (SSSR count). The topological polar surface area (TPSA) is 129 Å². The Morgan fingerprint density at radius 1 is 1.07 bits per heavy atom. The number of piperidine rings is 1. The lowest BCUT2D eigenvalue weighted by atomic mass is 10.0. The number of H-pyrrole nitrogens is 3. The van der Waals surface area contributed by atoms with Gasteiger partial charge >= 0.3 is 5.69 Å². The summed E-state index contributed by atoms with van der Waals surface area (Å²) in [5.74, 6) is 0.490. The van der Waals surface area contributed by atoms with Gasteiger partial charge in [-0.3, -0.25) is 14.8 Å². The van der Waals surface area contributed by atoms with Gasteiger partial charge in [0.25, 0.3) is 5.56 Å². The van der Waals surface area contributed by atoms with Crippen molar-refractivity contribution in [2.45, 2.75) is 18.9 Å². The number of aromatic amines is 3. The van der Waals surface area contributed by atoms with Crippen LogP contribution in [-0.2, 0) is 0 Å². The minimum Gasteiger partial charge on any atom is -0.472 e. The summed E-state index contributed by atoms with van der Waals surface area (Å²) in [6, 6.07) is 5.61. The molecule has 0 radical (unpaired) electrons. The maximum atomic E-state index is 12.2. The molecule has 1 unspecified atom stereocenters. The van der Waals surface area contributed by atoms with Crippen LogP contribution in [0.1, 0.15) is 12.8 Å². The molecule has 3 aromatic heterocycles. The lowest BCUT2D eigenvalue weighted by Gasteiger charge is -2.23. The van der Waals surface area contributed by atoms with Gasteiger partial charge in [-0.05, 0) is 37.1 Å². The molecule has 1 aliphatic heterocycles. The van der Waals surface area contributed by atoms with Crippen LogP contribution in [0, 0.1) is 0 Å². The van der Waals surface area contributed by atoms with E-state index >= 15 is 0 Å². The SMILES string of the molecule is O=c1[nH]cc(-c2ccc3[nH]cc(-c4cncc(OC5CCCNC5)n4)c3c2)c(=O)[nH]1. The quantitative estimate of drug-likeness (QED) is 0.411. The number of nitrogens with one attached hydrogen (secondary N) is 4. The number of aromatic nitrogens is 5. The number of ether oxygens (including phenoxy) is 1. The molecule has 9 heteroatoms. The molecular formula is C21H20N6O3. The molecule has 1 fully saturated rings. The molecule has 0 amide bonds. The van der Waals surface area contributed by atoms with E-state index in [4.69, 9.17) is 4.74 Å². The van der Waals surface area contributed by atoms with Crippen LogP contribution in [0.2, 0.25) is 0 Å². The minimum atomic E-state index is -0.535. The largest absolute Gasteiger partial charge is 0.472 e.